The predicted octanol–water partition coefficient (Wildman–Crippen LogP) is 3.44. The average Bonchev–Trinajstić information content (AvgIpc) is 2.29. The lowest BCUT2D eigenvalue weighted by Gasteiger charge is -2.03. The quantitative estimate of drug-likeness (QED) is 0.393. The molecule has 0 amide bonds. The highest BCUT2D eigenvalue weighted by Gasteiger charge is 2.11. The standard InChI is InChI=1S/C13H14ClNO3/c1-3-18-13(17)12(9(2)16)8-15-11-6-4-5-10(14)7-11/h4-8,16H,3H2,1-2H3/b12-9-,15-8?. The van der Waals surface area contributed by atoms with Crippen molar-refractivity contribution in [2.24, 2.45) is 4.99 Å². The molecule has 18 heavy (non-hydrogen) atoms. The van der Waals surface area contributed by atoms with Crippen molar-refractivity contribution in [2.75, 3.05) is 6.61 Å². The van der Waals surface area contributed by atoms with E-state index < -0.39 is 5.97 Å². The molecule has 0 bridgehead atoms. The van der Waals surface area contributed by atoms with E-state index in [2.05, 4.69) is 4.99 Å². The molecule has 0 aliphatic carbocycles. The van der Waals surface area contributed by atoms with Crippen LogP contribution < -0.4 is 0 Å². The second-order valence-electron chi connectivity index (χ2n) is 3.46. The van der Waals surface area contributed by atoms with Gasteiger partial charge in [-0.25, -0.2) is 4.79 Å². The molecule has 1 rings (SSSR count). The van der Waals surface area contributed by atoms with E-state index in [0.29, 0.717) is 10.7 Å². The fraction of sp³-hybridized carbons (Fsp3) is 0.231. The Morgan fingerprint density at radius 2 is 2.28 bits per heavy atom. The third-order valence-corrected chi connectivity index (χ3v) is 2.27. The largest absolute Gasteiger partial charge is 0.512 e. The highest BCUT2D eigenvalue weighted by molar-refractivity contribution is 6.30. The number of aliphatic hydroxyl groups excluding tert-OH is 1. The van der Waals surface area contributed by atoms with E-state index >= 15 is 0 Å². The molecule has 4 nitrogen and oxygen atoms in total. The molecule has 0 atom stereocenters. The third-order valence-electron chi connectivity index (χ3n) is 2.04. The molecular weight excluding hydrogens is 254 g/mol. The lowest BCUT2D eigenvalue weighted by Crippen LogP contribution is -2.10. The summed E-state index contributed by atoms with van der Waals surface area (Å²) in [4.78, 5) is 15.6. The number of carbonyl (C=O) groups excluding carboxylic acids is 1. The van der Waals surface area contributed by atoms with E-state index in [1.807, 2.05) is 0 Å². The number of benzene rings is 1. The predicted molar refractivity (Wildman–Crippen MR) is 71.6 cm³/mol. The van der Waals surface area contributed by atoms with E-state index in [9.17, 15) is 9.90 Å². The van der Waals surface area contributed by atoms with Crippen molar-refractivity contribution in [3.8, 4) is 0 Å². The molecule has 0 spiro atoms. The highest BCUT2D eigenvalue weighted by Crippen LogP contribution is 2.18. The van der Waals surface area contributed by atoms with Gasteiger partial charge in [0, 0.05) is 11.2 Å². The van der Waals surface area contributed by atoms with Crippen molar-refractivity contribution >= 4 is 29.5 Å². The van der Waals surface area contributed by atoms with Gasteiger partial charge >= 0.3 is 5.97 Å². The van der Waals surface area contributed by atoms with Crippen molar-refractivity contribution in [2.45, 2.75) is 13.8 Å². The first-order valence-electron chi connectivity index (χ1n) is 5.41. The van der Waals surface area contributed by atoms with Crippen LogP contribution in [0.5, 0.6) is 0 Å². The van der Waals surface area contributed by atoms with Gasteiger partial charge in [-0.3, -0.25) is 4.99 Å². The van der Waals surface area contributed by atoms with Crippen LogP contribution >= 0.6 is 11.6 Å². The van der Waals surface area contributed by atoms with Crippen LogP contribution in [-0.4, -0.2) is 23.9 Å². The number of aliphatic imine (C=N–C) groups is 1. The second-order valence-corrected chi connectivity index (χ2v) is 3.89. The number of hydrogen-bond acceptors (Lipinski definition) is 4. The molecule has 0 aliphatic heterocycles. The summed E-state index contributed by atoms with van der Waals surface area (Å²) in [6, 6.07) is 6.85. The fourth-order valence-corrected chi connectivity index (χ4v) is 1.38. The first kappa shape index (κ1) is 14.3. The average molecular weight is 268 g/mol. The zero-order chi connectivity index (χ0) is 13.5. The Morgan fingerprint density at radius 1 is 1.56 bits per heavy atom. The van der Waals surface area contributed by atoms with Gasteiger partial charge in [0.15, 0.2) is 0 Å². The van der Waals surface area contributed by atoms with E-state index in [-0.39, 0.29) is 17.9 Å². The van der Waals surface area contributed by atoms with Crippen LogP contribution in [0.2, 0.25) is 5.02 Å². The van der Waals surface area contributed by atoms with Crippen LogP contribution in [-0.2, 0) is 9.53 Å². The van der Waals surface area contributed by atoms with Gasteiger partial charge in [0.1, 0.15) is 11.3 Å². The normalized spacial score (nSPS) is 12.4. The number of rotatable bonds is 4. The van der Waals surface area contributed by atoms with Crippen molar-refractivity contribution in [1.82, 2.24) is 0 Å². The maximum absolute atomic E-state index is 11.5. The number of ether oxygens (including phenoxy) is 1. The molecule has 0 fully saturated rings. The third kappa shape index (κ3) is 4.22. The van der Waals surface area contributed by atoms with Crippen molar-refractivity contribution in [3.63, 3.8) is 0 Å². The number of esters is 1. The molecule has 0 saturated carbocycles. The van der Waals surface area contributed by atoms with Crippen LogP contribution in [0.1, 0.15) is 13.8 Å². The second kappa shape index (κ2) is 6.81. The lowest BCUT2D eigenvalue weighted by atomic mass is 10.2. The molecular formula is C13H14ClNO3. The van der Waals surface area contributed by atoms with Crippen LogP contribution in [0.25, 0.3) is 0 Å². The molecule has 1 aromatic rings. The Morgan fingerprint density at radius 3 is 2.83 bits per heavy atom. The van der Waals surface area contributed by atoms with Crippen LogP contribution in [0.3, 0.4) is 0 Å². The zero-order valence-electron chi connectivity index (χ0n) is 10.2. The summed E-state index contributed by atoms with van der Waals surface area (Å²) >= 11 is 5.81. The summed E-state index contributed by atoms with van der Waals surface area (Å²) in [5.74, 6) is -0.748. The Labute approximate surface area is 111 Å². The van der Waals surface area contributed by atoms with Crippen LogP contribution in [0, 0.1) is 0 Å². The Kier molecular flexibility index (Phi) is 5.39. The van der Waals surface area contributed by atoms with Crippen LogP contribution in [0.15, 0.2) is 40.6 Å². The van der Waals surface area contributed by atoms with Gasteiger partial charge < -0.3 is 9.84 Å². The zero-order valence-corrected chi connectivity index (χ0v) is 10.9. The molecule has 0 aromatic heterocycles. The highest BCUT2D eigenvalue weighted by atomic mass is 35.5. The molecule has 1 N–H and O–H groups in total. The molecule has 0 saturated heterocycles. The minimum Gasteiger partial charge on any atom is -0.512 e. The lowest BCUT2D eigenvalue weighted by molar-refractivity contribution is -0.138. The monoisotopic (exact) mass is 267 g/mol. The minimum atomic E-state index is -0.608. The molecule has 0 heterocycles. The molecule has 5 heteroatoms. The van der Waals surface area contributed by atoms with Gasteiger partial charge in [-0.2, -0.15) is 0 Å². The SMILES string of the molecule is CCOC(=O)/C(C=Nc1cccc(Cl)c1)=C(/C)O. The molecule has 1 aromatic carbocycles. The number of halogens is 1. The summed E-state index contributed by atoms with van der Waals surface area (Å²) in [5, 5.41) is 9.95. The number of carbonyl (C=O) groups is 1. The number of nitrogens with zero attached hydrogens (tertiary/aromatic N) is 1. The van der Waals surface area contributed by atoms with E-state index in [1.54, 1.807) is 31.2 Å². The van der Waals surface area contributed by atoms with E-state index in [1.165, 1.54) is 13.1 Å². The van der Waals surface area contributed by atoms with E-state index in [0.717, 1.165) is 0 Å². The van der Waals surface area contributed by atoms with Gasteiger partial charge in [0.2, 0.25) is 0 Å². The Hall–Kier alpha value is -1.81. The number of allylic oxidation sites excluding steroid dienone is 1. The molecule has 0 radical (unpaired) electrons. The first-order chi connectivity index (χ1) is 8.54. The number of aliphatic hydroxyl groups is 1. The minimum absolute atomic E-state index is 0.0248. The summed E-state index contributed by atoms with van der Waals surface area (Å²) in [6.45, 7) is 3.33. The maximum Gasteiger partial charge on any atom is 0.343 e. The summed E-state index contributed by atoms with van der Waals surface area (Å²) in [7, 11) is 0. The Bertz CT molecular complexity index is 491. The van der Waals surface area contributed by atoms with Gasteiger partial charge in [0.25, 0.3) is 0 Å². The van der Waals surface area contributed by atoms with Crippen LogP contribution in [0.4, 0.5) is 5.69 Å². The molecule has 0 unspecified atom stereocenters. The number of hydrogen-bond donors (Lipinski definition) is 1. The van der Waals surface area contributed by atoms with Crippen molar-refractivity contribution < 1.29 is 14.6 Å². The van der Waals surface area contributed by atoms with Gasteiger partial charge in [-0.15, -0.1) is 0 Å². The summed E-state index contributed by atoms with van der Waals surface area (Å²) < 4.78 is 4.80. The molecule has 0 aliphatic rings. The topological polar surface area (TPSA) is 58.9 Å². The first-order valence-corrected chi connectivity index (χ1v) is 5.79. The van der Waals surface area contributed by atoms with Gasteiger partial charge in [-0.05, 0) is 32.0 Å². The van der Waals surface area contributed by atoms with Crippen molar-refractivity contribution in [3.05, 3.63) is 40.6 Å². The fourth-order valence-electron chi connectivity index (χ4n) is 1.20. The maximum atomic E-state index is 11.5. The van der Waals surface area contributed by atoms with Gasteiger partial charge in [0.05, 0.1) is 12.3 Å². The smallest absolute Gasteiger partial charge is 0.343 e. The van der Waals surface area contributed by atoms with Crippen molar-refractivity contribution in [1.29, 1.82) is 0 Å². The summed E-state index contributed by atoms with van der Waals surface area (Å²) in [5.41, 5.74) is 0.613. The molecule has 96 valence electrons. The Balaban J connectivity index is 2.92. The summed E-state index contributed by atoms with van der Waals surface area (Å²) in [6.07, 6.45) is 1.26. The van der Waals surface area contributed by atoms with E-state index in [4.69, 9.17) is 16.3 Å². The van der Waals surface area contributed by atoms with Gasteiger partial charge in [-0.1, -0.05) is 17.7 Å².